The van der Waals surface area contributed by atoms with Crippen LogP contribution >= 0.6 is 22.0 Å². The maximum Gasteiger partial charge on any atom is 0.311 e. The van der Waals surface area contributed by atoms with Gasteiger partial charge in [0.25, 0.3) is 9.05 Å². The summed E-state index contributed by atoms with van der Waals surface area (Å²) in [6, 6.07) is 2.93. The van der Waals surface area contributed by atoms with E-state index in [1.54, 1.807) is 6.07 Å². The molecule has 2 heterocycles. The van der Waals surface area contributed by atoms with E-state index in [0.717, 1.165) is 11.3 Å². The summed E-state index contributed by atoms with van der Waals surface area (Å²) >= 11 is 0.969. The number of carbonyl (C=O) groups is 1. The predicted molar refractivity (Wildman–Crippen MR) is 61.8 cm³/mol. The fourth-order valence-electron chi connectivity index (χ4n) is 1.24. The van der Waals surface area contributed by atoms with Gasteiger partial charge in [0.2, 0.25) is 0 Å². The lowest BCUT2D eigenvalue weighted by molar-refractivity contribution is -0.171. The van der Waals surface area contributed by atoms with Crippen LogP contribution in [0.1, 0.15) is 4.88 Å². The number of rotatable bonds is 4. The molecular formula is C9H9ClO5S2. The number of ether oxygens (including phenoxy) is 2. The molecule has 0 spiro atoms. The van der Waals surface area contributed by atoms with E-state index in [1.165, 1.54) is 6.07 Å². The normalized spacial score (nSPS) is 16.5. The largest absolute Gasteiger partial charge is 0.457 e. The van der Waals surface area contributed by atoms with Gasteiger partial charge in [0.15, 0.2) is 0 Å². The lowest BCUT2D eigenvalue weighted by Gasteiger charge is -2.25. The first-order valence-corrected chi connectivity index (χ1v) is 7.88. The number of thiophene rings is 1. The van der Waals surface area contributed by atoms with Crippen LogP contribution in [-0.4, -0.2) is 33.7 Å². The summed E-state index contributed by atoms with van der Waals surface area (Å²) in [7, 11) is 1.46. The van der Waals surface area contributed by atoms with Crippen molar-refractivity contribution >= 4 is 37.0 Å². The van der Waals surface area contributed by atoms with Crippen LogP contribution in [0, 0.1) is 0 Å². The highest BCUT2D eigenvalue weighted by Crippen LogP contribution is 2.25. The van der Waals surface area contributed by atoms with Crippen LogP contribution in [0.25, 0.3) is 0 Å². The lowest BCUT2D eigenvalue weighted by Crippen LogP contribution is -2.38. The summed E-state index contributed by atoms with van der Waals surface area (Å²) in [5, 5.41) is 0. The minimum Gasteiger partial charge on any atom is -0.457 e. The molecule has 0 saturated carbocycles. The van der Waals surface area contributed by atoms with Gasteiger partial charge in [-0.05, 0) is 12.1 Å². The highest BCUT2D eigenvalue weighted by atomic mass is 35.7. The van der Waals surface area contributed by atoms with Crippen LogP contribution in [0.3, 0.4) is 0 Å². The molecule has 0 aromatic carbocycles. The number of halogens is 1. The quantitative estimate of drug-likeness (QED) is 0.616. The summed E-state index contributed by atoms with van der Waals surface area (Å²) in [5.74, 6) is -0.390. The highest BCUT2D eigenvalue weighted by molar-refractivity contribution is 8.15. The van der Waals surface area contributed by atoms with Crippen LogP contribution in [0.5, 0.6) is 0 Å². The van der Waals surface area contributed by atoms with Gasteiger partial charge in [-0.15, -0.1) is 11.3 Å². The van der Waals surface area contributed by atoms with Crippen LogP contribution in [-0.2, 0) is 29.7 Å². The van der Waals surface area contributed by atoms with Gasteiger partial charge in [-0.1, -0.05) is 0 Å². The molecule has 1 aromatic heterocycles. The first kappa shape index (κ1) is 12.8. The zero-order chi connectivity index (χ0) is 12.5. The SMILES string of the molecule is O=C(Cc1ccc(S(=O)(=O)Cl)s1)OC1COC1. The summed E-state index contributed by atoms with van der Waals surface area (Å²) in [6.07, 6.45) is -0.119. The van der Waals surface area contributed by atoms with E-state index in [2.05, 4.69) is 0 Å². The third kappa shape index (κ3) is 3.41. The van der Waals surface area contributed by atoms with Crippen LogP contribution < -0.4 is 0 Å². The van der Waals surface area contributed by atoms with Gasteiger partial charge in [0.1, 0.15) is 10.3 Å². The van der Waals surface area contributed by atoms with E-state index >= 15 is 0 Å². The first-order chi connectivity index (χ1) is 7.95. The molecule has 1 aliphatic rings. The van der Waals surface area contributed by atoms with Gasteiger partial charge in [0.05, 0.1) is 19.6 Å². The summed E-state index contributed by atoms with van der Waals surface area (Å²) in [5.41, 5.74) is 0. The number of carbonyl (C=O) groups excluding carboxylic acids is 1. The van der Waals surface area contributed by atoms with Crippen LogP contribution in [0.4, 0.5) is 0 Å². The molecule has 0 amide bonds. The zero-order valence-corrected chi connectivity index (χ0v) is 11.0. The predicted octanol–water partition coefficient (Wildman–Crippen LogP) is 1.16. The third-order valence-corrected chi connectivity index (χ3v) is 5.28. The van der Waals surface area contributed by atoms with Crippen molar-refractivity contribution in [2.75, 3.05) is 13.2 Å². The summed E-state index contributed by atoms with van der Waals surface area (Å²) < 4.78 is 32.0. The Morgan fingerprint density at radius 3 is 2.71 bits per heavy atom. The van der Waals surface area contributed by atoms with Crippen molar-refractivity contribution in [3.05, 3.63) is 17.0 Å². The van der Waals surface area contributed by atoms with E-state index in [-0.39, 0.29) is 16.7 Å². The topological polar surface area (TPSA) is 69.7 Å². The second-order valence-electron chi connectivity index (χ2n) is 3.48. The molecule has 0 bridgehead atoms. The highest BCUT2D eigenvalue weighted by Gasteiger charge is 2.23. The second-order valence-corrected chi connectivity index (χ2v) is 7.45. The monoisotopic (exact) mass is 296 g/mol. The van der Waals surface area contributed by atoms with Crippen molar-refractivity contribution in [1.82, 2.24) is 0 Å². The fraction of sp³-hybridized carbons (Fsp3) is 0.444. The molecule has 0 atom stereocenters. The van der Waals surface area contributed by atoms with E-state index in [4.69, 9.17) is 20.2 Å². The number of hydrogen-bond donors (Lipinski definition) is 0. The Morgan fingerprint density at radius 1 is 1.53 bits per heavy atom. The molecule has 0 N–H and O–H groups in total. The Hall–Kier alpha value is -0.630. The van der Waals surface area contributed by atoms with Crippen molar-refractivity contribution in [2.24, 2.45) is 0 Å². The Balaban J connectivity index is 1.94. The standard InChI is InChI=1S/C9H9ClO5S2/c10-17(12,13)9-2-1-7(16-9)3-8(11)15-6-4-14-5-6/h1-2,6H,3-5H2. The second kappa shape index (κ2) is 4.93. The molecule has 17 heavy (non-hydrogen) atoms. The lowest BCUT2D eigenvalue weighted by atomic mass is 10.3. The van der Waals surface area contributed by atoms with Crippen molar-refractivity contribution in [1.29, 1.82) is 0 Å². The molecule has 8 heteroatoms. The van der Waals surface area contributed by atoms with E-state index in [1.807, 2.05) is 0 Å². The maximum atomic E-state index is 11.4. The smallest absolute Gasteiger partial charge is 0.311 e. The van der Waals surface area contributed by atoms with Gasteiger partial charge in [-0.2, -0.15) is 0 Å². The Morgan fingerprint density at radius 2 is 2.24 bits per heavy atom. The first-order valence-electron chi connectivity index (χ1n) is 4.76. The molecule has 1 fully saturated rings. The molecule has 0 unspecified atom stereocenters. The van der Waals surface area contributed by atoms with Gasteiger partial charge in [-0.25, -0.2) is 8.42 Å². The average Bonchev–Trinajstić information content (AvgIpc) is 2.59. The molecule has 2 rings (SSSR count). The fourth-order valence-corrected chi connectivity index (χ4v) is 3.34. The Kier molecular flexibility index (Phi) is 3.72. The molecule has 5 nitrogen and oxygen atoms in total. The van der Waals surface area contributed by atoms with E-state index in [0.29, 0.717) is 18.1 Å². The van der Waals surface area contributed by atoms with Crippen molar-refractivity contribution in [2.45, 2.75) is 16.7 Å². The molecule has 94 valence electrons. The molecule has 1 aliphatic heterocycles. The van der Waals surface area contributed by atoms with Gasteiger partial charge < -0.3 is 9.47 Å². The third-order valence-electron chi connectivity index (χ3n) is 2.10. The Labute approximate surface area is 107 Å². The molecule has 1 saturated heterocycles. The molecule has 1 aromatic rings. The molecule has 0 radical (unpaired) electrons. The number of hydrogen-bond acceptors (Lipinski definition) is 6. The van der Waals surface area contributed by atoms with Gasteiger partial charge >= 0.3 is 5.97 Å². The van der Waals surface area contributed by atoms with Crippen molar-refractivity contribution in [3.8, 4) is 0 Å². The van der Waals surface area contributed by atoms with Crippen LogP contribution in [0.15, 0.2) is 16.3 Å². The zero-order valence-electron chi connectivity index (χ0n) is 8.59. The summed E-state index contributed by atoms with van der Waals surface area (Å²) in [6.45, 7) is 0.856. The number of esters is 1. The van der Waals surface area contributed by atoms with E-state index in [9.17, 15) is 13.2 Å². The van der Waals surface area contributed by atoms with Crippen molar-refractivity contribution < 1.29 is 22.7 Å². The maximum absolute atomic E-state index is 11.4. The molecule has 0 aliphatic carbocycles. The Bertz CT molecular complexity index is 517. The van der Waals surface area contributed by atoms with Crippen LogP contribution in [0.2, 0.25) is 0 Å². The molecular weight excluding hydrogens is 288 g/mol. The van der Waals surface area contributed by atoms with Gasteiger partial charge in [0, 0.05) is 15.6 Å². The summed E-state index contributed by atoms with van der Waals surface area (Å²) in [4.78, 5) is 12.0. The van der Waals surface area contributed by atoms with E-state index < -0.39 is 15.0 Å². The minimum atomic E-state index is -3.72. The van der Waals surface area contributed by atoms with Gasteiger partial charge in [-0.3, -0.25) is 4.79 Å². The average molecular weight is 297 g/mol. The van der Waals surface area contributed by atoms with Crippen molar-refractivity contribution in [3.63, 3.8) is 0 Å². The minimum absolute atomic E-state index is 0.0361.